The minimum atomic E-state index is -0.577. The van der Waals surface area contributed by atoms with Gasteiger partial charge >= 0.3 is 5.91 Å². The van der Waals surface area contributed by atoms with E-state index in [0.29, 0.717) is 51.6 Å². The zero-order chi connectivity index (χ0) is 24.2. The van der Waals surface area contributed by atoms with Gasteiger partial charge in [-0.25, -0.2) is 5.43 Å². The van der Waals surface area contributed by atoms with Crippen LogP contribution in [-0.2, 0) is 6.42 Å². The molecule has 0 saturated heterocycles. The summed E-state index contributed by atoms with van der Waals surface area (Å²) in [6.45, 7) is 3.67. The summed E-state index contributed by atoms with van der Waals surface area (Å²) in [4.78, 5) is 37.5. The van der Waals surface area contributed by atoms with Crippen LogP contribution >= 0.6 is 11.6 Å². The second kappa shape index (κ2) is 9.93. The lowest BCUT2D eigenvalue weighted by molar-refractivity contribution is 0.0829. The quantitative estimate of drug-likeness (QED) is 0.490. The molecule has 0 saturated carbocycles. The molecule has 2 aromatic carbocycles. The number of hydrogen-bond donors (Lipinski definition) is 3. The molecule has 0 aliphatic heterocycles. The van der Waals surface area contributed by atoms with E-state index in [1.165, 1.54) is 0 Å². The molecular formula is C25H23ClN4O4. The van der Waals surface area contributed by atoms with Crippen LogP contribution in [0.1, 0.15) is 66.6 Å². The van der Waals surface area contributed by atoms with Crippen LogP contribution in [0, 0.1) is 13.8 Å². The first-order valence-electron chi connectivity index (χ1n) is 10.8. The van der Waals surface area contributed by atoms with Crippen molar-refractivity contribution >= 4 is 35.0 Å². The Morgan fingerprint density at radius 1 is 0.912 bits per heavy atom. The van der Waals surface area contributed by atoms with Gasteiger partial charge in [0.2, 0.25) is 0 Å². The van der Waals surface area contributed by atoms with Crippen LogP contribution in [0.2, 0.25) is 5.02 Å². The van der Waals surface area contributed by atoms with Crippen molar-refractivity contribution < 1.29 is 18.8 Å². The lowest BCUT2D eigenvalue weighted by atomic mass is 9.93. The normalized spacial score (nSPS) is 13.8. The van der Waals surface area contributed by atoms with Crippen molar-refractivity contribution in [2.75, 3.05) is 0 Å². The Labute approximate surface area is 201 Å². The topological polar surface area (TPSA) is 113 Å². The summed E-state index contributed by atoms with van der Waals surface area (Å²) in [6.07, 6.45) is 2.00. The van der Waals surface area contributed by atoms with Gasteiger partial charge in [-0.1, -0.05) is 41.4 Å². The van der Waals surface area contributed by atoms with Gasteiger partial charge in [0.25, 0.3) is 11.8 Å². The lowest BCUT2D eigenvalue weighted by Gasteiger charge is -2.13. The molecule has 174 valence electrons. The number of nitrogens with zero attached hydrogens (tertiary/aromatic N) is 1. The minimum Gasteiger partial charge on any atom is -0.455 e. The number of carbonyl (C=O) groups is 3. The number of rotatable bonds is 4. The second-order valence-electron chi connectivity index (χ2n) is 7.96. The first kappa shape index (κ1) is 23.3. The average molecular weight is 479 g/mol. The molecule has 1 aliphatic carbocycles. The summed E-state index contributed by atoms with van der Waals surface area (Å²) >= 11 is 6.08. The van der Waals surface area contributed by atoms with Crippen LogP contribution in [0.25, 0.3) is 0 Å². The van der Waals surface area contributed by atoms with E-state index in [0.717, 1.165) is 12.0 Å². The fourth-order valence-corrected chi connectivity index (χ4v) is 3.99. The van der Waals surface area contributed by atoms with Crippen molar-refractivity contribution in [2.24, 2.45) is 5.10 Å². The van der Waals surface area contributed by atoms with Crippen molar-refractivity contribution in [1.29, 1.82) is 0 Å². The van der Waals surface area contributed by atoms with Crippen LogP contribution in [0.15, 0.2) is 58.0 Å². The molecule has 3 N–H and O–H groups in total. The predicted octanol–water partition coefficient (Wildman–Crippen LogP) is 4.10. The SMILES string of the molecule is Cc1ccc(C(=O)NNC(=O)c2oc3c(c2C)/C(=N/NC(=O)c2ccccc2Cl)CCC3)cc1. The molecule has 1 heterocycles. The summed E-state index contributed by atoms with van der Waals surface area (Å²) < 4.78 is 5.82. The first-order chi connectivity index (χ1) is 16.3. The lowest BCUT2D eigenvalue weighted by Crippen LogP contribution is -2.41. The van der Waals surface area contributed by atoms with Gasteiger partial charge in [0.15, 0.2) is 5.76 Å². The highest BCUT2D eigenvalue weighted by Crippen LogP contribution is 2.30. The molecule has 0 atom stereocenters. The Hall–Kier alpha value is -3.91. The van der Waals surface area contributed by atoms with Gasteiger partial charge < -0.3 is 4.42 Å². The highest BCUT2D eigenvalue weighted by molar-refractivity contribution is 6.33. The molecule has 3 amide bonds. The minimum absolute atomic E-state index is 0.0845. The zero-order valence-electron chi connectivity index (χ0n) is 18.7. The molecular weight excluding hydrogens is 456 g/mol. The third-order valence-corrected chi connectivity index (χ3v) is 5.88. The molecule has 34 heavy (non-hydrogen) atoms. The highest BCUT2D eigenvalue weighted by atomic mass is 35.5. The summed E-state index contributed by atoms with van der Waals surface area (Å²) in [5.41, 5.74) is 11.0. The standard InChI is InChI=1S/C25H23ClN4O4/c1-14-10-12-16(13-11-14)23(31)28-30-25(33)22-15(2)21-19(8-5-9-20(21)34-22)27-29-24(32)17-6-3-4-7-18(17)26/h3-4,6-7,10-13H,5,8-9H2,1-2H3,(H,28,31)(H,29,32)(H,30,33)/b27-19+. The van der Waals surface area contributed by atoms with Crippen LogP contribution < -0.4 is 16.3 Å². The van der Waals surface area contributed by atoms with E-state index >= 15 is 0 Å². The molecule has 0 bridgehead atoms. The van der Waals surface area contributed by atoms with Gasteiger partial charge in [-0.15, -0.1) is 0 Å². The largest absolute Gasteiger partial charge is 0.455 e. The molecule has 0 spiro atoms. The van der Waals surface area contributed by atoms with E-state index in [2.05, 4.69) is 21.4 Å². The molecule has 3 aromatic rings. The van der Waals surface area contributed by atoms with Gasteiger partial charge in [0.1, 0.15) is 5.76 Å². The maximum Gasteiger partial charge on any atom is 0.305 e. The highest BCUT2D eigenvalue weighted by Gasteiger charge is 2.28. The molecule has 0 radical (unpaired) electrons. The fraction of sp³-hybridized carbons (Fsp3) is 0.200. The summed E-state index contributed by atoms with van der Waals surface area (Å²) in [5, 5.41) is 4.62. The number of hydrogen-bond acceptors (Lipinski definition) is 5. The van der Waals surface area contributed by atoms with E-state index < -0.39 is 17.7 Å². The number of aryl methyl sites for hydroxylation is 2. The van der Waals surface area contributed by atoms with Crippen molar-refractivity contribution in [3.63, 3.8) is 0 Å². The molecule has 8 nitrogen and oxygen atoms in total. The van der Waals surface area contributed by atoms with Crippen LogP contribution in [0.3, 0.4) is 0 Å². The molecule has 4 rings (SSSR count). The van der Waals surface area contributed by atoms with E-state index in [-0.39, 0.29) is 5.76 Å². The van der Waals surface area contributed by atoms with Crippen LogP contribution in [-0.4, -0.2) is 23.4 Å². The number of hydrazone groups is 1. The molecule has 0 fully saturated rings. The van der Waals surface area contributed by atoms with Crippen LogP contribution in [0.5, 0.6) is 0 Å². The van der Waals surface area contributed by atoms with Crippen molar-refractivity contribution in [3.8, 4) is 0 Å². The number of benzene rings is 2. The van der Waals surface area contributed by atoms with Gasteiger partial charge in [0.05, 0.1) is 16.3 Å². The third kappa shape index (κ3) is 4.87. The Balaban J connectivity index is 1.48. The molecule has 9 heteroatoms. The predicted molar refractivity (Wildman–Crippen MR) is 128 cm³/mol. The Morgan fingerprint density at radius 3 is 2.35 bits per heavy atom. The van der Waals surface area contributed by atoms with E-state index in [4.69, 9.17) is 16.0 Å². The molecule has 1 aliphatic rings. The maximum absolute atomic E-state index is 12.7. The maximum atomic E-state index is 12.7. The fourth-order valence-electron chi connectivity index (χ4n) is 3.77. The van der Waals surface area contributed by atoms with E-state index in [1.54, 1.807) is 43.3 Å². The first-order valence-corrected chi connectivity index (χ1v) is 11.1. The Morgan fingerprint density at radius 2 is 1.62 bits per heavy atom. The van der Waals surface area contributed by atoms with Crippen LogP contribution in [0.4, 0.5) is 0 Å². The van der Waals surface area contributed by atoms with Crippen molar-refractivity contribution in [1.82, 2.24) is 16.3 Å². The monoisotopic (exact) mass is 478 g/mol. The van der Waals surface area contributed by atoms with Crippen molar-refractivity contribution in [2.45, 2.75) is 33.1 Å². The van der Waals surface area contributed by atoms with Crippen molar-refractivity contribution in [3.05, 3.63) is 92.9 Å². The number of hydrazine groups is 1. The molecule has 0 unspecified atom stereocenters. The Bertz CT molecular complexity index is 1290. The van der Waals surface area contributed by atoms with Gasteiger partial charge in [-0.3, -0.25) is 25.2 Å². The van der Waals surface area contributed by atoms with Gasteiger partial charge in [-0.2, -0.15) is 5.10 Å². The average Bonchev–Trinajstić information content (AvgIpc) is 3.18. The zero-order valence-corrected chi connectivity index (χ0v) is 19.5. The number of nitrogens with one attached hydrogen (secondary N) is 3. The number of fused-ring (bicyclic) bond motifs is 1. The smallest absolute Gasteiger partial charge is 0.305 e. The molecule has 1 aromatic heterocycles. The van der Waals surface area contributed by atoms with E-state index in [1.807, 2.05) is 19.1 Å². The Kier molecular flexibility index (Phi) is 6.79. The summed E-state index contributed by atoms with van der Waals surface area (Å²) in [6, 6.07) is 13.7. The number of halogens is 1. The van der Waals surface area contributed by atoms with E-state index in [9.17, 15) is 14.4 Å². The third-order valence-electron chi connectivity index (χ3n) is 5.55. The second-order valence-corrected chi connectivity index (χ2v) is 8.37. The number of carbonyl (C=O) groups excluding carboxylic acids is 3. The number of amides is 3. The van der Waals surface area contributed by atoms with Gasteiger partial charge in [-0.05, 0) is 51.0 Å². The summed E-state index contributed by atoms with van der Waals surface area (Å²) in [7, 11) is 0. The number of furan rings is 1. The van der Waals surface area contributed by atoms with Gasteiger partial charge in [0, 0.05) is 23.1 Å². The summed E-state index contributed by atoms with van der Waals surface area (Å²) in [5.74, 6) is -0.743.